The molecule has 0 saturated carbocycles. The Bertz CT molecular complexity index is 468. The maximum absolute atomic E-state index is 10.9. The molecular weight excluding hydrogens is 226 g/mol. The van der Waals surface area contributed by atoms with Crippen LogP contribution in [0, 0.1) is 6.92 Å². The highest BCUT2D eigenvalue weighted by atomic mass is 16.3. The highest BCUT2D eigenvalue weighted by Crippen LogP contribution is 2.31. The number of hydrazone groups is 1. The molecule has 0 bridgehead atoms. The van der Waals surface area contributed by atoms with Gasteiger partial charge >= 0.3 is 0 Å². The molecule has 2 N–H and O–H groups in total. The first kappa shape index (κ1) is 11.5. The number of hydrogen-bond acceptors (Lipinski definition) is 4. The first-order valence-electron chi connectivity index (χ1n) is 6.61. The van der Waals surface area contributed by atoms with E-state index >= 15 is 0 Å². The molecule has 4 heteroatoms. The number of aliphatic hydroxyl groups is 1. The van der Waals surface area contributed by atoms with E-state index in [2.05, 4.69) is 10.5 Å². The summed E-state index contributed by atoms with van der Waals surface area (Å²) in [5.41, 5.74) is 4.96. The minimum absolute atomic E-state index is 0.855. The highest BCUT2D eigenvalue weighted by Gasteiger charge is 2.42. The number of fused-ring (bicyclic) bond motifs is 1. The fraction of sp³-hybridized carbons (Fsp3) is 0.500. The molecule has 1 unspecified atom stereocenters. The monoisotopic (exact) mass is 245 g/mol. The fourth-order valence-corrected chi connectivity index (χ4v) is 2.67. The third-order valence-electron chi connectivity index (χ3n) is 3.78. The first-order chi connectivity index (χ1) is 8.70. The van der Waals surface area contributed by atoms with E-state index < -0.39 is 5.85 Å². The van der Waals surface area contributed by atoms with Crippen LogP contribution in [-0.2, 0) is 5.85 Å². The second-order valence-corrected chi connectivity index (χ2v) is 5.14. The van der Waals surface area contributed by atoms with Crippen molar-refractivity contribution in [2.24, 2.45) is 5.10 Å². The highest BCUT2D eigenvalue weighted by molar-refractivity contribution is 5.84. The lowest BCUT2D eigenvalue weighted by Gasteiger charge is -2.34. The van der Waals surface area contributed by atoms with Crippen molar-refractivity contribution in [3.8, 4) is 0 Å². The van der Waals surface area contributed by atoms with Crippen LogP contribution in [0.1, 0.15) is 36.8 Å². The lowest BCUT2D eigenvalue weighted by atomic mass is 10.1. The number of rotatable bonds is 1. The van der Waals surface area contributed by atoms with Crippen molar-refractivity contribution in [2.45, 2.75) is 38.5 Å². The summed E-state index contributed by atoms with van der Waals surface area (Å²) >= 11 is 0. The quantitative estimate of drug-likeness (QED) is 0.794. The molecule has 0 aliphatic carbocycles. The summed E-state index contributed by atoms with van der Waals surface area (Å²) in [4.78, 5) is 2.00. The van der Waals surface area contributed by atoms with Gasteiger partial charge in [-0.05, 0) is 19.8 Å². The van der Waals surface area contributed by atoms with Crippen LogP contribution >= 0.6 is 0 Å². The van der Waals surface area contributed by atoms with Crippen molar-refractivity contribution in [1.82, 2.24) is 10.3 Å². The minimum Gasteiger partial charge on any atom is -0.349 e. The van der Waals surface area contributed by atoms with Crippen molar-refractivity contribution in [2.75, 3.05) is 6.54 Å². The molecule has 0 amide bonds. The molecule has 0 radical (unpaired) electrons. The van der Waals surface area contributed by atoms with Gasteiger partial charge < -0.3 is 10.0 Å². The Kier molecular flexibility index (Phi) is 2.74. The molecule has 2 heterocycles. The van der Waals surface area contributed by atoms with E-state index in [0.717, 1.165) is 37.2 Å². The van der Waals surface area contributed by atoms with E-state index in [1.165, 1.54) is 12.0 Å². The Hall–Kier alpha value is -1.55. The minimum atomic E-state index is -1.16. The maximum atomic E-state index is 10.9. The maximum Gasteiger partial charge on any atom is 0.260 e. The van der Waals surface area contributed by atoms with Gasteiger partial charge in [0.2, 0.25) is 0 Å². The predicted octanol–water partition coefficient (Wildman–Crippen LogP) is 1.89. The summed E-state index contributed by atoms with van der Waals surface area (Å²) < 4.78 is 0. The lowest BCUT2D eigenvalue weighted by molar-refractivity contribution is -0.0914. The summed E-state index contributed by atoms with van der Waals surface area (Å²) in [5.74, 6) is -0.177. The molecule has 3 rings (SSSR count). The van der Waals surface area contributed by atoms with Gasteiger partial charge in [0, 0.05) is 18.5 Å². The van der Waals surface area contributed by atoms with Crippen molar-refractivity contribution in [3.63, 3.8) is 0 Å². The van der Waals surface area contributed by atoms with E-state index in [4.69, 9.17) is 0 Å². The van der Waals surface area contributed by atoms with Gasteiger partial charge in [0.15, 0.2) is 0 Å². The SMILES string of the molecule is Cc1ccc(C2(O)NN=C3CCCCCN32)cc1. The molecule has 96 valence electrons. The number of nitrogens with zero attached hydrogens (tertiary/aromatic N) is 2. The number of benzene rings is 1. The molecule has 18 heavy (non-hydrogen) atoms. The zero-order valence-corrected chi connectivity index (χ0v) is 10.7. The smallest absolute Gasteiger partial charge is 0.260 e. The van der Waals surface area contributed by atoms with E-state index in [-0.39, 0.29) is 0 Å². The Morgan fingerprint density at radius 1 is 1.22 bits per heavy atom. The van der Waals surface area contributed by atoms with Crippen LogP contribution in [0.25, 0.3) is 0 Å². The van der Waals surface area contributed by atoms with Crippen LogP contribution in [-0.4, -0.2) is 22.4 Å². The zero-order chi connectivity index (χ0) is 12.6. The molecule has 1 fully saturated rings. The molecule has 1 saturated heterocycles. The van der Waals surface area contributed by atoms with Gasteiger partial charge in [-0.2, -0.15) is 5.10 Å². The van der Waals surface area contributed by atoms with Crippen LogP contribution in [0.4, 0.5) is 0 Å². The third-order valence-corrected chi connectivity index (χ3v) is 3.78. The van der Waals surface area contributed by atoms with E-state index in [1.807, 2.05) is 36.1 Å². The molecule has 2 aliphatic rings. The lowest BCUT2D eigenvalue weighted by Crippen LogP contribution is -2.51. The summed E-state index contributed by atoms with van der Waals surface area (Å²) in [5, 5.41) is 15.2. The molecule has 0 spiro atoms. The second-order valence-electron chi connectivity index (χ2n) is 5.14. The number of nitrogens with one attached hydrogen (secondary N) is 1. The summed E-state index contributed by atoms with van der Waals surface area (Å²) in [6, 6.07) is 7.97. The number of aryl methyl sites for hydroxylation is 1. The molecule has 2 aliphatic heterocycles. The van der Waals surface area contributed by atoms with Gasteiger partial charge in [-0.15, -0.1) is 0 Å². The Morgan fingerprint density at radius 2 is 2.00 bits per heavy atom. The van der Waals surface area contributed by atoms with Gasteiger partial charge in [0.1, 0.15) is 5.84 Å². The Morgan fingerprint density at radius 3 is 2.78 bits per heavy atom. The predicted molar refractivity (Wildman–Crippen MR) is 70.8 cm³/mol. The standard InChI is InChI=1S/C14H19N3O/c1-11-6-8-12(9-7-11)14(18)16-15-13-5-3-2-4-10-17(13)14/h6-9,16,18H,2-5,10H2,1H3. The van der Waals surface area contributed by atoms with Crippen LogP contribution in [0.3, 0.4) is 0 Å². The molecule has 1 aromatic carbocycles. The van der Waals surface area contributed by atoms with Crippen molar-refractivity contribution in [1.29, 1.82) is 0 Å². The second kappa shape index (κ2) is 4.28. The van der Waals surface area contributed by atoms with Crippen LogP contribution in [0.2, 0.25) is 0 Å². The molecular formula is C14H19N3O. The van der Waals surface area contributed by atoms with Crippen LogP contribution in [0.15, 0.2) is 29.4 Å². The molecule has 4 nitrogen and oxygen atoms in total. The van der Waals surface area contributed by atoms with Gasteiger partial charge in [-0.3, -0.25) is 5.43 Å². The average Bonchev–Trinajstić information content (AvgIpc) is 2.57. The third kappa shape index (κ3) is 1.77. The fourth-order valence-electron chi connectivity index (χ4n) is 2.67. The Labute approximate surface area is 107 Å². The average molecular weight is 245 g/mol. The number of hydrogen-bond donors (Lipinski definition) is 2. The van der Waals surface area contributed by atoms with E-state index in [9.17, 15) is 5.11 Å². The van der Waals surface area contributed by atoms with Crippen molar-refractivity contribution >= 4 is 5.84 Å². The topological polar surface area (TPSA) is 47.9 Å². The Balaban J connectivity index is 1.93. The van der Waals surface area contributed by atoms with Crippen LogP contribution < -0.4 is 5.43 Å². The summed E-state index contributed by atoms with van der Waals surface area (Å²) in [6.45, 7) is 2.90. The van der Waals surface area contributed by atoms with Gasteiger partial charge in [-0.1, -0.05) is 36.2 Å². The van der Waals surface area contributed by atoms with E-state index in [1.54, 1.807) is 0 Å². The molecule has 0 aromatic heterocycles. The normalized spacial score (nSPS) is 27.2. The van der Waals surface area contributed by atoms with Gasteiger partial charge in [0.05, 0.1) is 0 Å². The largest absolute Gasteiger partial charge is 0.349 e. The molecule has 1 atom stereocenters. The van der Waals surface area contributed by atoms with Gasteiger partial charge in [0.25, 0.3) is 5.85 Å². The van der Waals surface area contributed by atoms with Gasteiger partial charge in [-0.25, -0.2) is 0 Å². The zero-order valence-electron chi connectivity index (χ0n) is 10.7. The molecule has 1 aromatic rings. The van der Waals surface area contributed by atoms with Crippen LogP contribution in [0.5, 0.6) is 0 Å². The number of amidine groups is 1. The van der Waals surface area contributed by atoms with E-state index in [0.29, 0.717) is 0 Å². The van der Waals surface area contributed by atoms with Crippen molar-refractivity contribution in [3.05, 3.63) is 35.4 Å². The summed E-state index contributed by atoms with van der Waals surface area (Å²) in [7, 11) is 0. The van der Waals surface area contributed by atoms with Crippen molar-refractivity contribution < 1.29 is 5.11 Å². The first-order valence-corrected chi connectivity index (χ1v) is 6.61. The summed E-state index contributed by atoms with van der Waals surface area (Å²) in [6.07, 6.45) is 4.41.